The van der Waals surface area contributed by atoms with Crippen LogP contribution in [0.5, 0.6) is 5.75 Å². The number of alkyl halides is 3. The Labute approximate surface area is 243 Å². The Morgan fingerprint density at radius 3 is 2.23 bits per heavy atom. The second-order valence-corrected chi connectivity index (χ2v) is 11.3. The van der Waals surface area contributed by atoms with Crippen LogP contribution in [0.4, 0.5) is 28.9 Å². The van der Waals surface area contributed by atoms with Crippen LogP contribution in [0.25, 0.3) is 11.1 Å². The number of guanidine groups is 1. The summed E-state index contributed by atoms with van der Waals surface area (Å²) in [5.41, 5.74) is 3.00. The summed E-state index contributed by atoms with van der Waals surface area (Å²) >= 11 is 0. The zero-order chi connectivity index (χ0) is 31.2. The van der Waals surface area contributed by atoms with E-state index >= 15 is 0 Å². The number of nitrogens with one attached hydrogen (secondary N) is 4. The lowest BCUT2D eigenvalue weighted by Crippen LogP contribution is -2.21. The molecule has 4 rings (SSSR count). The van der Waals surface area contributed by atoms with Gasteiger partial charge in [0.1, 0.15) is 17.1 Å². The summed E-state index contributed by atoms with van der Waals surface area (Å²) in [5.74, 6) is -1.48. The van der Waals surface area contributed by atoms with Crippen molar-refractivity contribution in [2.24, 2.45) is 4.99 Å². The number of hydrogen-bond donors (Lipinski definition) is 4. The van der Waals surface area contributed by atoms with Crippen LogP contribution in [0.15, 0.2) is 94.9 Å². The number of ether oxygens (including phenoxy) is 1. The number of aromatic nitrogens is 1. The molecule has 0 saturated heterocycles. The average Bonchev–Trinajstić information content (AvgIpc) is 2.93. The lowest BCUT2D eigenvalue weighted by molar-refractivity contribution is -0.153. The van der Waals surface area contributed by atoms with Crippen molar-refractivity contribution in [3.63, 3.8) is 0 Å². The largest absolute Gasteiger partial charge is 0.482 e. The standard InChI is InChI=1S/C29H25F4N5O4S/c1-43(40,41)23-11-12-24(25(15-23)42-17-29(31,32)33)37-28(34)38-26-13-6-20(16-35-26)19-4-9-22(10-5-19)36-27(39)14-18-2-7-21(30)8-3-18/h2-13,15-16H,14,17H2,1H3,(H,36,39)(H3,34,35,37,38). The van der Waals surface area contributed by atoms with Gasteiger partial charge in [-0.3, -0.25) is 10.2 Å². The zero-order valence-electron chi connectivity index (χ0n) is 22.5. The molecule has 0 aliphatic rings. The number of sulfone groups is 1. The summed E-state index contributed by atoms with van der Waals surface area (Å²) in [6.07, 6.45) is -2.02. The molecular weight excluding hydrogens is 590 g/mol. The van der Waals surface area contributed by atoms with Crippen molar-refractivity contribution >= 4 is 33.1 Å². The zero-order valence-corrected chi connectivity index (χ0v) is 23.3. The molecule has 0 saturated carbocycles. The Kier molecular flexibility index (Phi) is 9.29. The third kappa shape index (κ3) is 9.26. The van der Waals surface area contributed by atoms with E-state index in [9.17, 15) is 30.8 Å². The van der Waals surface area contributed by atoms with Crippen molar-refractivity contribution in [2.45, 2.75) is 17.5 Å². The minimum atomic E-state index is -4.66. The van der Waals surface area contributed by atoms with Crippen LogP contribution < -0.4 is 20.9 Å². The molecule has 4 N–H and O–H groups in total. The Bertz CT molecular complexity index is 1780. The third-order valence-corrected chi connectivity index (χ3v) is 6.94. The van der Waals surface area contributed by atoms with Crippen LogP contribution in [-0.2, 0) is 21.1 Å². The van der Waals surface area contributed by atoms with Crippen molar-refractivity contribution in [1.82, 2.24) is 4.98 Å². The summed E-state index contributed by atoms with van der Waals surface area (Å²) in [6, 6.07) is 19.3. The van der Waals surface area contributed by atoms with Gasteiger partial charge in [-0.05, 0) is 65.2 Å². The molecule has 224 valence electrons. The first kappa shape index (κ1) is 31.0. The molecule has 0 unspecified atom stereocenters. The van der Waals surface area contributed by atoms with Gasteiger partial charge in [0, 0.05) is 24.2 Å². The molecular formula is C29H25F4N5O4S. The molecule has 0 fully saturated rings. The summed E-state index contributed by atoms with van der Waals surface area (Å²) < 4.78 is 79.6. The number of benzene rings is 3. The van der Waals surface area contributed by atoms with E-state index in [-0.39, 0.29) is 34.2 Å². The van der Waals surface area contributed by atoms with E-state index < -0.39 is 34.3 Å². The molecule has 1 amide bonds. The van der Waals surface area contributed by atoms with Crippen molar-refractivity contribution in [2.75, 3.05) is 23.5 Å². The molecule has 0 atom stereocenters. The molecule has 0 radical (unpaired) electrons. The number of hydrogen-bond acceptors (Lipinski definition) is 5. The van der Waals surface area contributed by atoms with Crippen LogP contribution in [-0.4, -0.2) is 44.3 Å². The van der Waals surface area contributed by atoms with Crippen LogP contribution >= 0.6 is 0 Å². The minimum Gasteiger partial charge on any atom is -0.482 e. The predicted octanol–water partition coefficient (Wildman–Crippen LogP) is 5.29. The maximum atomic E-state index is 13.0. The van der Waals surface area contributed by atoms with Crippen molar-refractivity contribution in [3.8, 4) is 16.9 Å². The van der Waals surface area contributed by atoms with E-state index in [1.54, 1.807) is 54.7 Å². The fourth-order valence-electron chi connectivity index (χ4n) is 3.80. The fraction of sp³-hybridized carbons (Fsp3) is 0.138. The van der Waals surface area contributed by atoms with Gasteiger partial charge in [0.05, 0.1) is 17.0 Å². The van der Waals surface area contributed by atoms with E-state index in [4.69, 9.17) is 10.1 Å². The molecule has 0 spiro atoms. The molecule has 14 heteroatoms. The van der Waals surface area contributed by atoms with Crippen LogP contribution in [0.2, 0.25) is 0 Å². The number of amides is 1. The van der Waals surface area contributed by atoms with Crippen molar-refractivity contribution in [1.29, 1.82) is 5.41 Å². The van der Waals surface area contributed by atoms with Gasteiger partial charge < -0.3 is 20.4 Å². The van der Waals surface area contributed by atoms with Gasteiger partial charge in [-0.15, -0.1) is 0 Å². The van der Waals surface area contributed by atoms with Gasteiger partial charge in [0.2, 0.25) is 11.9 Å². The molecule has 9 nitrogen and oxygen atoms in total. The number of nitrogens with zero attached hydrogens (tertiary/aromatic N) is 1. The van der Waals surface area contributed by atoms with E-state index in [2.05, 4.69) is 20.6 Å². The maximum Gasteiger partial charge on any atom is 0.422 e. The van der Waals surface area contributed by atoms with Crippen molar-refractivity contribution in [3.05, 3.63) is 102 Å². The summed E-state index contributed by atoms with van der Waals surface area (Å²) in [4.78, 5) is 19.0. The molecule has 1 heterocycles. The number of aromatic amines is 1. The first-order valence-electron chi connectivity index (χ1n) is 12.5. The first-order valence-corrected chi connectivity index (χ1v) is 14.4. The third-order valence-electron chi connectivity index (χ3n) is 5.83. The SMILES string of the molecule is CS(=O)(=O)c1ccc(NC(=N)/N=c2/ccc(-c3ccc(NC(=O)Cc4ccc(F)cc4)cc3)c[nH]2)c(OCC(F)(F)F)c1. The van der Waals surface area contributed by atoms with Gasteiger partial charge >= 0.3 is 6.18 Å². The highest BCUT2D eigenvalue weighted by Crippen LogP contribution is 2.30. The number of pyridine rings is 1. The second kappa shape index (κ2) is 12.9. The number of anilines is 2. The summed E-state index contributed by atoms with van der Waals surface area (Å²) in [6.45, 7) is -1.65. The lowest BCUT2D eigenvalue weighted by Gasteiger charge is -2.15. The van der Waals surface area contributed by atoms with Gasteiger partial charge in [-0.1, -0.05) is 24.3 Å². The summed E-state index contributed by atoms with van der Waals surface area (Å²) in [5, 5.41) is 13.4. The number of halogens is 4. The van der Waals surface area contributed by atoms with Crippen LogP contribution in [0.1, 0.15) is 5.56 Å². The molecule has 0 bridgehead atoms. The van der Waals surface area contributed by atoms with Gasteiger partial charge in [0.25, 0.3) is 0 Å². The quantitative estimate of drug-likeness (QED) is 0.121. The fourth-order valence-corrected chi connectivity index (χ4v) is 4.43. The molecule has 0 aliphatic heterocycles. The number of carbonyl (C=O) groups is 1. The van der Waals surface area contributed by atoms with Crippen LogP contribution in [0, 0.1) is 11.2 Å². The topological polar surface area (TPSA) is 136 Å². The molecule has 3 aromatic carbocycles. The van der Waals surface area contributed by atoms with E-state index in [0.29, 0.717) is 11.3 Å². The Hall–Kier alpha value is -4.98. The second-order valence-electron chi connectivity index (χ2n) is 9.31. The Morgan fingerprint density at radius 1 is 0.953 bits per heavy atom. The molecule has 43 heavy (non-hydrogen) atoms. The van der Waals surface area contributed by atoms with Gasteiger partial charge in [-0.25, -0.2) is 12.8 Å². The number of rotatable bonds is 8. The highest BCUT2D eigenvalue weighted by molar-refractivity contribution is 7.90. The number of carbonyl (C=O) groups excluding carboxylic acids is 1. The highest BCUT2D eigenvalue weighted by Gasteiger charge is 2.29. The molecule has 1 aromatic heterocycles. The predicted molar refractivity (Wildman–Crippen MR) is 153 cm³/mol. The van der Waals surface area contributed by atoms with Crippen LogP contribution in [0.3, 0.4) is 0 Å². The summed E-state index contributed by atoms with van der Waals surface area (Å²) in [7, 11) is -3.72. The minimum absolute atomic E-state index is 0.0770. The highest BCUT2D eigenvalue weighted by atomic mass is 32.2. The number of H-pyrrole nitrogens is 1. The first-order chi connectivity index (χ1) is 20.2. The van der Waals surface area contributed by atoms with Crippen molar-refractivity contribution < 1.29 is 35.5 Å². The smallest absolute Gasteiger partial charge is 0.422 e. The maximum absolute atomic E-state index is 13.0. The molecule has 4 aromatic rings. The molecule has 0 aliphatic carbocycles. The van der Waals surface area contributed by atoms with E-state index in [1.807, 2.05) is 0 Å². The van der Waals surface area contributed by atoms with Gasteiger partial charge in [-0.2, -0.15) is 18.2 Å². The lowest BCUT2D eigenvalue weighted by atomic mass is 10.1. The average molecular weight is 616 g/mol. The normalized spacial score (nSPS) is 12.1. The monoisotopic (exact) mass is 615 g/mol. The van der Waals surface area contributed by atoms with Gasteiger partial charge in [0.15, 0.2) is 16.4 Å². The Morgan fingerprint density at radius 2 is 1.63 bits per heavy atom. The Balaban J connectivity index is 1.41. The van der Waals surface area contributed by atoms with E-state index in [0.717, 1.165) is 23.4 Å². The van der Waals surface area contributed by atoms with E-state index in [1.165, 1.54) is 24.3 Å².